The van der Waals surface area contributed by atoms with Crippen LogP contribution < -0.4 is 5.32 Å². The van der Waals surface area contributed by atoms with Crippen molar-refractivity contribution < 1.29 is 13.2 Å². The third-order valence-electron chi connectivity index (χ3n) is 2.04. The van der Waals surface area contributed by atoms with Gasteiger partial charge in [0.2, 0.25) is 0 Å². The Bertz CT molecular complexity index is 237. The molecule has 0 saturated carbocycles. The summed E-state index contributed by atoms with van der Waals surface area (Å²) in [5.41, 5.74) is 0. The minimum atomic E-state index is -4.36. The van der Waals surface area contributed by atoms with Gasteiger partial charge in [0.1, 0.15) is 12.5 Å². The predicted octanol–water partition coefficient (Wildman–Crippen LogP) is -0.00200. The number of hydrazone groups is 1. The number of amidine groups is 1. The number of alkyl halides is 3. The molecule has 0 radical (unpaired) electrons. The highest BCUT2D eigenvalue weighted by Crippen LogP contribution is 2.25. The first-order chi connectivity index (χ1) is 6.07. The molecule has 2 heterocycles. The minimum absolute atomic E-state index is 0.162. The molecule has 1 N–H and O–H groups in total. The van der Waals surface area contributed by atoms with Crippen LogP contribution in [0.3, 0.4) is 0 Å². The lowest BCUT2D eigenvalue weighted by atomic mass is 10.4. The second-order valence-corrected chi connectivity index (χ2v) is 2.97. The molecule has 0 aromatic heterocycles. The van der Waals surface area contributed by atoms with Gasteiger partial charge >= 0.3 is 6.30 Å². The summed E-state index contributed by atoms with van der Waals surface area (Å²) in [7, 11) is 0. The molecule has 1 saturated heterocycles. The third-order valence-corrected chi connectivity index (χ3v) is 2.04. The Labute approximate surface area is 73.0 Å². The summed E-state index contributed by atoms with van der Waals surface area (Å²) < 4.78 is 36.5. The maximum atomic E-state index is 12.2. The smallest absolute Gasteiger partial charge is 0.337 e. The zero-order valence-electron chi connectivity index (χ0n) is 6.80. The average molecular weight is 194 g/mol. The van der Waals surface area contributed by atoms with Gasteiger partial charge in [0.15, 0.2) is 0 Å². The Kier molecular flexibility index (Phi) is 1.83. The van der Waals surface area contributed by atoms with Crippen molar-refractivity contribution in [3.05, 3.63) is 0 Å². The second kappa shape index (κ2) is 2.76. The number of hydrogen-bond acceptors (Lipinski definition) is 4. The molecule has 0 aliphatic carbocycles. The molecule has 74 valence electrons. The first kappa shape index (κ1) is 8.61. The molecule has 13 heavy (non-hydrogen) atoms. The van der Waals surface area contributed by atoms with Crippen molar-refractivity contribution in [3.8, 4) is 0 Å². The fourth-order valence-electron chi connectivity index (χ4n) is 1.38. The Morgan fingerprint density at radius 2 is 2.15 bits per heavy atom. The minimum Gasteiger partial charge on any atom is -0.337 e. The summed E-state index contributed by atoms with van der Waals surface area (Å²) in [6.45, 7) is 1.56. The largest absolute Gasteiger partial charge is 0.502 e. The van der Waals surface area contributed by atoms with Crippen molar-refractivity contribution in [2.75, 3.05) is 26.3 Å². The molecule has 2 aliphatic rings. The lowest BCUT2D eigenvalue weighted by Gasteiger charge is -2.25. The fourth-order valence-corrected chi connectivity index (χ4v) is 1.38. The van der Waals surface area contributed by atoms with Gasteiger partial charge in [0.05, 0.1) is 6.54 Å². The van der Waals surface area contributed by atoms with Crippen LogP contribution in [0, 0.1) is 0 Å². The summed E-state index contributed by atoms with van der Waals surface area (Å²) in [5.74, 6) is 0.476. The SMILES string of the molecule is FC(F)(F)N1CN2CCNCC2=N1. The molecule has 2 rings (SSSR count). The first-order valence-corrected chi connectivity index (χ1v) is 3.95. The zero-order chi connectivity index (χ0) is 9.47. The van der Waals surface area contributed by atoms with Crippen LogP contribution in [-0.4, -0.2) is 48.3 Å². The number of nitrogens with zero attached hydrogens (tertiary/aromatic N) is 3. The summed E-state index contributed by atoms with van der Waals surface area (Å²) >= 11 is 0. The van der Waals surface area contributed by atoms with Crippen LogP contribution in [0.5, 0.6) is 0 Å². The van der Waals surface area contributed by atoms with Crippen LogP contribution in [0.25, 0.3) is 0 Å². The van der Waals surface area contributed by atoms with Gasteiger partial charge in [-0.25, -0.2) is 0 Å². The molecule has 0 aromatic rings. The van der Waals surface area contributed by atoms with Crippen LogP contribution in [0.4, 0.5) is 13.2 Å². The molecule has 7 heteroatoms. The van der Waals surface area contributed by atoms with E-state index in [1.165, 1.54) is 0 Å². The molecule has 0 atom stereocenters. The van der Waals surface area contributed by atoms with Crippen molar-refractivity contribution in [3.63, 3.8) is 0 Å². The van der Waals surface area contributed by atoms with Gasteiger partial charge in [0, 0.05) is 13.1 Å². The maximum Gasteiger partial charge on any atom is 0.502 e. The van der Waals surface area contributed by atoms with E-state index in [4.69, 9.17) is 0 Å². The van der Waals surface area contributed by atoms with Gasteiger partial charge < -0.3 is 10.2 Å². The molecule has 0 bridgehead atoms. The molecule has 0 aromatic carbocycles. The number of nitrogens with one attached hydrogen (secondary N) is 1. The average Bonchev–Trinajstić information content (AvgIpc) is 2.45. The van der Waals surface area contributed by atoms with Gasteiger partial charge in [-0.2, -0.15) is 10.1 Å². The summed E-state index contributed by atoms with van der Waals surface area (Å²) in [4.78, 5) is 1.63. The van der Waals surface area contributed by atoms with Gasteiger partial charge in [-0.05, 0) is 0 Å². The highest BCUT2D eigenvalue weighted by atomic mass is 19.4. The van der Waals surface area contributed by atoms with Crippen molar-refractivity contribution in [2.24, 2.45) is 5.10 Å². The monoisotopic (exact) mass is 194 g/mol. The van der Waals surface area contributed by atoms with Crippen molar-refractivity contribution >= 4 is 5.84 Å². The molecule has 4 nitrogen and oxygen atoms in total. The van der Waals surface area contributed by atoms with Crippen LogP contribution >= 0.6 is 0 Å². The van der Waals surface area contributed by atoms with E-state index in [0.717, 1.165) is 0 Å². The van der Waals surface area contributed by atoms with Crippen LogP contribution in [-0.2, 0) is 0 Å². The topological polar surface area (TPSA) is 30.9 Å². The first-order valence-electron chi connectivity index (χ1n) is 3.95. The zero-order valence-corrected chi connectivity index (χ0v) is 6.80. The molecule has 0 spiro atoms. The van der Waals surface area contributed by atoms with Gasteiger partial charge in [0.25, 0.3) is 0 Å². The number of rotatable bonds is 0. The summed E-state index contributed by atoms with van der Waals surface area (Å²) in [5, 5.41) is 6.59. The lowest BCUT2D eigenvalue weighted by molar-refractivity contribution is -0.247. The lowest BCUT2D eigenvalue weighted by Crippen LogP contribution is -2.47. The molecular formula is C6H9F3N4. The van der Waals surface area contributed by atoms with Gasteiger partial charge in [-0.1, -0.05) is 0 Å². The summed E-state index contributed by atoms with van der Waals surface area (Å²) in [6, 6.07) is 0. The molecular weight excluding hydrogens is 185 g/mol. The highest BCUT2D eigenvalue weighted by Gasteiger charge is 2.42. The van der Waals surface area contributed by atoms with E-state index in [-0.39, 0.29) is 11.7 Å². The van der Waals surface area contributed by atoms with E-state index >= 15 is 0 Å². The van der Waals surface area contributed by atoms with E-state index in [9.17, 15) is 13.2 Å². The standard InChI is InChI=1S/C6H9F3N4/c7-6(8,9)13-4-12-2-1-10-3-5(12)11-13/h10H,1-4H2. The second-order valence-electron chi connectivity index (χ2n) is 2.97. The van der Waals surface area contributed by atoms with E-state index in [1.807, 2.05) is 0 Å². The van der Waals surface area contributed by atoms with Crippen molar-refractivity contribution in [1.82, 2.24) is 15.2 Å². The fraction of sp³-hybridized carbons (Fsp3) is 0.833. The normalized spacial score (nSPS) is 23.2. The number of halogens is 3. The number of piperazine rings is 1. The Morgan fingerprint density at radius 1 is 1.38 bits per heavy atom. The van der Waals surface area contributed by atoms with Crippen LogP contribution in [0.15, 0.2) is 5.10 Å². The molecule has 2 aliphatic heterocycles. The van der Waals surface area contributed by atoms with E-state index in [0.29, 0.717) is 25.5 Å². The molecule has 1 fully saturated rings. The molecule has 0 amide bonds. The van der Waals surface area contributed by atoms with E-state index in [2.05, 4.69) is 10.4 Å². The number of hydrogen-bond donors (Lipinski definition) is 1. The Balaban J connectivity index is 2.09. The predicted molar refractivity (Wildman–Crippen MR) is 39.8 cm³/mol. The Morgan fingerprint density at radius 3 is 2.77 bits per heavy atom. The quantitative estimate of drug-likeness (QED) is 0.550. The van der Waals surface area contributed by atoms with Crippen LogP contribution in [0.2, 0.25) is 0 Å². The summed E-state index contributed by atoms with van der Waals surface area (Å²) in [6.07, 6.45) is -4.36. The van der Waals surface area contributed by atoms with Crippen LogP contribution in [0.1, 0.15) is 0 Å². The van der Waals surface area contributed by atoms with Crippen molar-refractivity contribution in [2.45, 2.75) is 6.30 Å². The third kappa shape index (κ3) is 1.55. The maximum absolute atomic E-state index is 12.2. The highest BCUT2D eigenvalue weighted by molar-refractivity contribution is 5.85. The Hall–Kier alpha value is -0.980. The van der Waals surface area contributed by atoms with E-state index < -0.39 is 6.30 Å². The molecule has 0 unspecified atom stereocenters. The van der Waals surface area contributed by atoms with Gasteiger partial charge in [-0.3, -0.25) is 0 Å². The number of fused-ring (bicyclic) bond motifs is 1. The van der Waals surface area contributed by atoms with Crippen molar-refractivity contribution in [1.29, 1.82) is 0 Å². The van der Waals surface area contributed by atoms with E-state index in [1.54, 1.807) is 4.90 Å². The van der Waals surface area contributed by atoms with Gasteiger partial charge in [-0.15, -0.1) is 13.2 Å².